The molecular weight excluding hydrogens is 256 g/mol. The van der Waals surface area contributed by atoms with Gasteiger partial charge in [-0.2, -0.15) is 0 Å². The summed E-state index contributed by atoms with van der Waals surface area (Å²) in [6, 6.07) is 5.23. The van der Waals surface area contributed by atoms with Crippen LogP contribution in [0.25, 0.3) is 0 Å². The van der Waals surface area contributed by atoms with Gasteiger partial charge < -0.3 is 20.5 Å². The van der Waals surface area contributed by atoms with Crippen LogP contribution in [0, 0.1) is 12.8 Å². The normalized spacial score (nSPS) is 13.4. The van der Waals surface area contributed by atoms with Gasteiger partial charge in [-0.25, -0.2) is 4.79 Å². The predicted molar refractivity (Wildman–Crippen MR) is 80.2 cm³/mol. The minimum absolute atomic E-state index is 0.235. The zero-order chi connectivity index (χ0) is 15.1. The first-order valence-corrected chi connectivity index (χ1v) is 6.80. The summed E-state index contributed by atoms with van der Waals surface area (Å²) in [5.74, 6) is 1.03. The summed E-state index contributed by atoms with van der Waals surface area (Å²) in [6.07, 6.45) is 0.321. The lowest BCUT2D eigenvalue weighted by molar-refractivity contribution is 0.163. The fourth-order valence-corrected chi connectivity index (χ4v) is 2.06. The van der Waals surface area contributed by atoms with Crippen molar-refractivity contribution in [1.82, 2.24) is 5.32 Å². The highest BCUT2D eigenvalue weighted by molar-refractivity contribution is 5.89. The topological polar surface area (TPSA) is 70.6 Å². The highest BCUT2D eigenvalue weighted by Gasteiger charge is 2.09. The Hall–Kier alpha value is -1.75. The van der Waals surface area contributed by atoms with Crippen molar-refractivity contribution < 1.29 is 14.6 Å². The monoisotopic (exact) mass is 280 g/mol. The van der Waals surface area contributed by atoms with Crippen molar-refractivity contribution in [3.8, 4) is 5.75 Å². The molecule has 0 saturated carbocycles. The maximum Gasteiger partial charge on any atom is 0.319 e. The minimum atomic E-state index is -0.348. The molecule has 2 amide bonds. The summed E-state index contributed by atoms with van der Waals surface area (Å²) in [5, 5.41) is 14.8. The zero-order valence-electron chi connectivity index (χ0n) is 12.6. The number of carbonyl (C=O) groups is 1. The Bertz CT molecular complexity index is 447. The Morgan fingerprint density at radius 3 is 2.65 bits per heavy atom. The molecule has 112 valence electrons. The number of ether oxygens (including phenoxy) is 1. The van der Waals surface area contributed by atoms with E-state index in [1.54, 1.807) is 20.1 Å². The molecule has 0 aliphatic heterocycles. The van der Waals surface area contributed by atoms with Crippen LogP contribution in [0.4, 0.5) is 10.5 Å². The third kappa shape index (κ3) is 5.48. The van der Waals surface area contributed by atoms with E-state index in [1.165, 1.54) is 0 Å². The van der Waals surface area contributed by atoms with Gasteiger partial charge >= 0.3 is 6.03 Å². The van der Waals surface area contributed by atoms with Gasteiger partial charge in [0.25, 0.3) is 0 Å². The zero-order valence-corrected chi connectivity index (χ0v) is 12.6. The van der Waals surface area contributed by atoms with Gasteiger partial charge in [-0.1, -0.05) is 6.92 Å². The Balaban J connectivity index is 2.44. The van der Waals surface area contributed by atoms with Crippen molar-refractivity contribution >= 4 is 11.7 Å². The summed E-state index contributed by atoms with van der Waals surface area (Å²) in [7, 11) is 1.62. The SMILES string of the molecule is COc1ccc(NC(=O)NCC(C)CC(C)O)cc1C. The van der Waals surface area contributed by atoms with Gasteiger partial charge in [0.05, 0.1) is 13.2 Å². The van der Waals surface area contributed by atoms with Crippen LogP contribution in [0.15, 0.2) is 18.2 Å². The standard InChI is InChI=1S/C15H24N2O3/c1-10(7-12(3)18)9-16-15(19)17-13-5-6-14(20-4)11(2)8-13/h5-6,8,10,12,18H,7,9H2,1-4H3,(H2,16,17,19). The second-order valence-electron chi connectivity index (χ2n) is 5.21. The molecule has 0 aliphatic carbocycles. The molecule has 0 aliphatic rings. The number of aryl methyl sites for hydroxylation is 1. The van der Waals surface area contributed by atoms with Crippen LogP contribution in [0.5, 0.6) is 5.75 Å². The summed E-state index contributed by atoms with van der Waals surface area (Å²) < 4.78 is 5.17. The number of carbonyl (C=O) groups excluding carboxylic acids is 1. The smallest absolute Gasteiger partial charge is 0.319 e. The van der Waals surface area contributed by atoms with Crippen LogP contribution in [0.1, 0.15) is 25.8 Å². The van der Waals surface area contributed by atoms with E-state index in [1.807, 2.05) is 26.0 Å². The molecule has 1 rings (SSSR count). The van der Waals surface area contributed by atoms with Crippen LogP contribution in [-0.2, 0) is 0 Å². The van der Waals surface area contributed by atoms with Gasteiger partial charge in [0.1, 0.15) is 5.75 Å². The molecule has 1 aromatic carbocycles. The maximum absolute atomic E-state index is 11.8. The van der Waals surface area contributed by atoms with Crippen LogP contribution in [0.3, 0.4) is 0 Å². The van der Waals surface area contributed by atoms with Crippen molar-refractivity contribution in [2.45, 2.75) is 33.3 Å². The van der Waals surface area contributed by atoms with E-state index in [2.05, 4.69) is 10.6 Å². The van der Waals surface area contributed by atoms with Gasteiger partial charge in [0.2, 0.25) is 0 Å². The number of aliphatic hydroxyl groups is 1. The van der Waals surface area contributed by atoms with E-state index < -0.39 is 0 Å². The van der Waals surface area contributed by atoms with E-state index in [0.717, 1.165) is 17.0 Å². The van der Waals surface area contributed by atoms with Crippen molar-refractivity contribution in [1.29, 1.82) is 0 Å². The van der Waals surface area contributed by atoms with Crippen LogP contribution in [0.2, 0.25) is 0 Å². The third-order valence-electron chi connectivity index (χ3n) is 3.01. The molecule has 5 nitrogen and oxygen atoms in total. The number of nitrogens with one attached hydrogen (secondary N) is 2. The number of anilines is 1. The lowest BCUT2D eigenvalue weighted by atomic mass is 10.1. The Morgan fingerprint density at radius 2 is 2.10 bits per heavy atom. The van der Waals surface area contributed by atoms with Gasteiger partial charge in [-0.3, -0.25) is 0 Å². The number of urea groups is 1. The number of hydrogen-bond acceptors (Lipinski definition) is 3. The van der Waals surface area contributed by atoms with E-state index in [-0.39, 0.29) is 18.1 Å². The molecule has 20 heavy (non-hydrogen) atoms. The van der Waals surface area contributed by atoms with Crippen LogP contribution in [-0.4, -0.2) is 30.9 Å². The van der Waals surface area contributed by atoms with E-state index >= 15 is 0 Å². The van der Waals surface area contributed by atoms with E-state index in [9.17, 15) is 9.90 Å². The molecule has 3 N–H and O–H groups in total. The fourth-order valence-electron chi connectivity index (χ4n) is 2.06. The minimum Gasteiger partial charge on any atom is -0.496 e. The average molecular weight is 280 g/mol. The molecule has 1 aromatic rings. The van der Waals surface area contributed by atoms with Gasteiger partial charge in [0, 0.05) is 12.2 Å². The third-order valence-corrected chi connectivity index (χ3v) is 3.01. The first-order chi connectivity index (χ1) is 9.42. The molecule has 2 unspecified atom stereocenters. The van der Waals surface area contributed by atoms with Gasteiger partial charge in [0.15, 0.2) is 0 Å². The number of amides is 2. The van der Waals surface area contributed by atoms with Crippen molar-refractivity contribution in [2.75, 3.05) is 19.0 Å². The Labute approximate surface area is 120 Å². The second kappa shape index (κ2) is 7.75. The van der Waals surface area contributed by atoms with Crippen molar-refractivity contribution in [2.24, 2.45) is 5.92 Å². The highest BCUT2D eigenvalue weighted by Crippen LogP contribution is 2.21. The summed E-state index contributed by atoms with van der Waals surface area (Å²) >= 11 is 0. The quantitative estimate of drug-likeness (QED) is 0.750. The van der Waals surface area contributed by atoms with Crippen LogP contribution >= 0.6 is 0 Å². The molecular formula is C15H24N2O3. The molecule has 2 atom stereocenters. The number of hydrogen-bond donors (Lipinski definition) is 3. The lowest BCUT2D eigenvalue weighted by Gasteiger charge is -2.15. The number of rotatable bonds is 6. The molecule has 0 spiro atoms. The average Bonchev–Trinajstić information content (AvgIpc) is 2.36. The molecule has 0 heterocycles. The lowest BCUT2D eigenvalue weighted by Crippen LogP contribution is -2.33. The number of methoxy groups -OCH3 is 1. The van der Waals surface area contributed by atoms with Crippen LogP contribution < -0.4 is 15.4 Å². The predicted octanol–water partition coefficient (Wildman–Crippen LogP) is 2.53. The second-order valence-corrected chi connectivity index (χ2v) is 5.21. The summed E-state index contributed by atoms with van der Waals surface area (Å²) in [5.41, 5.74) is 1.69. The maximum atomic E-state index is 11.8. The van der Waals surface area contributed by atoms with E-state index in [0.29, 0.717) is 13.0 Å². The van der Waals surface area contributed by atoms with E-state index in [4.69, 9.17) is 4.74 Å². The van der Waals surface area contributed by atoms with Gasteiger partial charge in [-0.05, 0) is 49.9 Å². The Morgan fingerprint density at radius 1 is 1.40 bits per heavy atom. The fraction of sp³-hybridized carbons (Fsp3) is 0.533. The first-order valence-electron chi connectivity index (χ1n) is 6.80. The summed E-state index contributed by atoms with van der Waals surface area (Å²) in [4.78, 5) is 11.8. The number of aliphatic hydroxyl groups excluding tert-OH is 1. The molecule has 0 saturated heterocycles. The molecule has 0 bridgehead atoms. The molecule has 0 radical (unpaired) electrons. The van der Waals surface area contributed by atoms with Gasteiger partial charge in [-0.15, -0.1) is 0 Å². The molecule has 0 aromatic heterocycles. The first kappa shape index (κ1) is 16.3. The molecule has 0 fully saturated rings. The highest BCUT2D eigenvalue weighted by atomic mass is 16.5. The number of benzene rings is 1. The summed E-state index contributed by atoms with van der Waals surface area (Å²) in [6.45, 7) is 6.19. The van der Waals surface area contributed by atoms with Crippen molar-refractivity contribution in [3.05, 3.63) is 23.8 Å². The molecule has 5 heteroatoms. The Kier molecular flexibility index (Phi) is 6.31. The largest absolute Gasteiger partial charge is 0.496 e. The van der Waals surface area contributed by atoms with Crippen molar-refractivity contribution in [3.63, 3.8) is 0 Å².